The number of hydrogen-bond acceptors (Lipinski definition) is 4. The number of likely N-dealkylation sites (tertiary alicyclic amines) is 1. The molecule has 2 aromatic carbocycles. The minimum Gasteiger partial charge on any atom is -0.340 e. The van der Waals surface area contributed by atoms with Gasteiger partial charge in [0.05, 0.1) is 29.0 Å². The highest BCUT2D eigenvalue weighted by Gasteiger charge is 2.45. The van der Waals surface area contributed by atoms with Crippen molar-refractivity contribution in [3.05, 3.63) is 69.5 Å². The molecule has 2 aromatic heterocycles. The number of H-pyrrole nitrogens is 1. The smallest absolute Gasteiger partial charge is 0.259 e. The van der Waals surface area contributed by atoms with E-state index in [0.29, 0.717) is 18.1 Å². The van der Waals surface area contributed by atoms with Crippen LogP contribution in [-0.2, 0) is 5.54 Å². The normalized spacial score (nSPS) is 18.6. The maximum atomic E-state index is 15.0. The van der Waals surface area contributed by atoms with Crippen molar-refractivity contribution in [2.45, 2.75) is 39.2 Å². The van der Waals surface area contributed by atoms with Crippen molar-refractivity contribution in [3.63, 3.8) is 0 Å². The van der Waals surface area contributed by atoms with Gasteiger partial charge in [-0.2, -0.15) is 15.0 Å². The van der Waals surface area contributed by atoms with E-state index in [1.165, 1.54) is 23.3 Å². The van der Waals surface area contributed by atoms with Gasteiger partial charge in [-0.3, -0.25) is 4.79 Å². The first-order chi connectivity index (χ1) is 15.3. The molecule has 1 aliphatic rings. The second-order valence-electron chi connectivity index (χ2n) is 8.38. The Labute approximate surface area is 192 Å². The Hall–Kier alpha value is -3.07. The zero-order chi connectivity index (χ0) is 22.6. The molecule has 1 atom stereocenters. The molecule has 0 bridgehead atoms. The number of rotatable bonds is 3. The Bertz CT molecular complexity index is 1350. The van der Waals surface area contributed by atoms with Crippen molar-refractivity contribution in [1.29, 1.82) is 0 Å². The molecule has 1 fully saturated rings. The van der Waals surface area contributed by atoms with Crippen LogP contribution in [0.25, 0.3) is 16.7 Å². The minimum atomic E-state index is -0.694. The number of carbonyl (C=O) groups is 1. The van der Waals surface area contributed by atoms with E-state index in [0.717, 1.165) is 39.5 Å². The number of aryl methyl sites for hydroxylation is 1. The van der Waals surface area contributed by atoms with Crippen LogP contribution in [0.4, 0.5) is 4.39 Å². The van der Waals surface area contributed by atoms with E-state index in [-0.39, 0.29) is 5.56 Å². The number of fused-ring (bicyclic) bond motifs is 1. The van der Waals surface area contributed by atoms with Gasteiger partial charge in [0.2, 0.25) is 0 Å². The highest BCUT2D eigenvalue weighted by atomic mass is 79.9. The van der Waals surface area contributed by atoms with E-state index < -0.39 is 17.3 Å². The zero-order valence-corrected chi connectivity index (χ0v) is 19.6. The van der Waals surface area contributed by atoms with Crippen LogP contribution in [0, 0.1) is 19.7 Å². The lowest BCUT2D eigenvalue weighted by molar-refractivity contribution is 0.0601. The van der Waals surface area contributed by atoms with Crippen LogP contribution in [0.15, 0.2) is 41.1 Å². The van der Waals surface area contributed by atoms with Crippen molar-refractivity contribution in [1.82, 2.24) is 29.9 Å². The molecule has 7 nitrogen and oxygen atoms in total. The molecule has 1 unspecified atom stereocenters. The average molecular weight is 497 g/mol. The third kappa shape index (κ3) is 3.06. The molecule has 0 aliphatic carbocycles. The molecule has 9 heteroatoms. The lowest BCUT2D eigenvalue weighted by Crippen LogP contribution is -2.44. The Morgan fingerprint density at radius 3 is 2.72 bits per heavy atom. The predicted molar refractivity (Wildman–Crippen MR) is 122 cm³/mol. The fourth-order valence-corrected chi connectivity index (χ4v) is 5.05. The van der Waals surface area contributed by atoms with Crippen molar-refractivity contribution in [3.8, 4) is 5.69 Å². The molecule has 1 amide bonds. The molecule has 5 rings (SSSR count). The highest BCUT2D eigenvalue weighted by molar-refractivity contribution is 9.10. The summed E-state index contributed by atoms with van der Waals surface area (Å²) in [6.07, 6.45) is 4.51. The number of aromatic amines is 1. The number of aromatic nitrogens is 5. The number of imidazole rings is 1. The second-order valence-corrected chi connectivity index (χ2v) is 9.23. The third-order valence-corrected chi connectivity index (χ3v) is 7.34. The second kappa shape index (κ2) is 7.51. The van der Waals surface area contributed by atoms with Gasteiger partial charge in [0.25, 0.3) is 5.91 Å². The molecular formula is C23H22BrFN6O. The lowest BCUT2D eigenvalue weighted by Gasteiger charge is -2.34. The summed E-state index contributed by atoms with van der Waals surface area (Å²) in [5.74, 6) is -0.293. The van der Waals surface area contributed by atoms with Crippen LogP contribution in [0.5, 0.6) is 0 Å². The van der Waals surface area contributed by atoms with Crippen molar-refractivity contribution < 1.29 is 9.18 Å². The number of benzene rings is 2. The summed E-state index contributed by atoms with van der Waals surface area (Å²) in [6, 6.07) is 6.50. The lowest BCUT2D eigenvalue weighted by atomic mass is 9.97. The van der Waals surface area contributed by atoms with E-state index in [1.54, 1.807) is 17.0 Å². The van der Waals surface area contributed by atoms with Gasteiger partial charge in [-0.1, -0.05) is 22.0 Å². The average Bonchev–Trinajstić information content (AvgIpc) is 3.51. The zero-order valence-electron chi connectivity index (χ0n) is 18.0. The monoisotopic (exact) mass is 496 g/mol. The number of halogens is 2. The maximum Gasteiger partial charge on any atom is 0.259 e. The third-order valence-electron chi connectivity index (χ3n) is 6.51. The van der Waals surface area contributed by atoms with E-state index >= 15 is 0 Å². The van der Waals surface area contributed by atoms with Crippen LogP contribution in [0.2, 0.25) is 0 Å². The first-order valence-electron chi connectivity index (χ1n) is 10.4. The highest BCUT2D eigenvalue weighted by Crippen LogP contribution is 2.40. The summed E-state index contributed by atoms with van der Waals surface area (Å²) in [5.41, 5.74) is 3.58. The molecule has 1 aliphatic heterocycles. The van der Waals surface area contributed by atoms with Crippen LogP contribution < -0.4 is 0 Å². The summed E-state index contributed by atoms with van der Waals surface area (Å²) >= 11 is 3.61. The largest absolute Gasteiger partial charge is 0.340 e. The van der Waals surface area contributed by atoms with Crippen LogP contribution in [0.3, 0.4) is 0 Å². The Morgan fingerprint density at radius 1 is 1.22 bits per heavy atom. The quantitative estimate of drug-likeness (QED) is 0.441. The van der Waals surface area contributed by atoms with Gasteiger partial charge in [-0.25, -0.2) is 9.37 Å². The molecule has 1 N–H and O–H groups in total. The Balaban J connectivity index is 1.61. The number of nitrogens with zero attached hydrogens (tertiary/aromatic N) is 5. The summed E-state index contributed by atoms with van der Waals surface area (Å²) in [5, 5.41) is 8.18. The van der Waals surface area contributed by atoms with Crippen molar-refractivity contribution in [2.24, 2.45) is 0 Å². The summed E-state index contributed by atoms with van der Waals surface area (Å²) in [6.45, 7) is 6.58. The molecule has 164 valence electrons. The molecule has 32 heavy (non-hydrogen) atoms. The Kier molecular flexibility index (Phi) is 4.88. The van der Waals surface area contributed by atoms with Gasteiger partial charge in [0.1, 0.15) is 22.9 Å². The minimum absolute atomic E-state index is 0.0392. The molecule has 3 heterocycles. The Morgan fingerprint density at radius 2 is 1.97 bits per heavy atom. The molecule has 0 saturated carbocycles. The van der Waals surface area contributed by atoms with E-state index in [9.17, 15) is 9.18 Å². The fourth-order valence-electron chi connectivity index (χ4n) is 4.53. The SMILES string of the molecule is Cc1c(Br)cc2[nH]c(C3(C)CCCN3C(=O)c3c(F)cccc3-n3nccn3)nc2c1C. The van der Waals surface area contributed by atoms with Crippen LogP contribution >= 0.6 is 15.9 Å². The van der Waals surface area contributed by atoms with Gasteiger partial charge < -0.3 is 9.88 Å². The number of amides is 1. The maximum absolute atomic E-state index is 15.0. The summed E-state index contributed by atoms with van der Waals surface area (Å²) < 4.78 is 16.0. The standard InChI is InChI=1S/C23H22BrFN6O/c1-13-14(2)20-17(12-15(13)24)28-22(29-20)23(3)8-5-11-30(23)21(32)19-16(25)6-4-7-18(19)31-26-9-10-27-31/h4,6-7,9-10,12H,5,8,11H2,1-3H3,(H,28,29). The molecule has 1 saturated heterocycles. The van der Waals surface area contributed by atoms with Gasteiger partial charge in [0.15, 0.2) is 0 Å². The molecule has 0 radical (unpaired) electrons. The van der Waals surface area contributed by atoms with Gasteiger partial charge >= 0.3 is 0 Å². The summed E-state index contributed by atoms with van der Waals surface area (Å²) in [7, 11) is 0. The van der Waals surface area contributed by atoms with Crippen LogP contribution in [0.1, 0.15) is 47.1 Å². The van der Waals surface area contributed by atoms with Gasteiger partial charge in [0, 0.05) is 11.0 Å². The van der Waals surface area contributed by atoms with E-state index in [1.807, 2.05) is 26.8 Å². The first-order valence-corrected chi connectivity index (χ1v) is 11.2. The van der Waals surface area contributed by atoms with Crippen molar-refractivity contribution in [2.75, 3.05) is 6.54 Å². The first kappa shape index (κ1) is 20.8. The van der Waals surface area contributed by atoms with E-state index in [4.69, 9.17) is 4.98 Å². The fraction of sp³-hybridized carbons (Fsp3) is 0.304. The number of nitrogens with one attached hydrogen (secondary N) is 1. The topological polar surface area (TPSA) is 79.7 Å². The molecule has 0 spiro atoms. The molecular weight excluding hydrogens is 475 g/mol. The number of hydrogen-bond donors (Lipinski definition) is 1. The van der Waals surface area contributed by atoms with Gasteiger partial charge in [-0.05, 0) is 62.9 Å². The molecule has 4 aromatic rings. The van der Waals surface area contributed by atoms with Crippen molar-refractivity contribution >= 4 is 32.9 Å². The summed E-state index contributed by atoms with van der Waals surface area (Å²) in [4.78, 5) is 25.0. The van der Waals surface area contributed by atoms with E-state index in [2.05, 4.69) is 31.1 Å². The van der Waals surface area contributed by atoms with Crippen LogP contribution in [-0.4, -0.2) is 42.3 Å². The van der Waals surface area contributed by atoms with Gasteiger partial charge in [-0.15, -0.1) is 0 Å². The predicted octanol–water partition coefficient (Wildman–Crippen LogP) is 4.81. The number of carbonyl (C=O) groups excluding carboxylic acids is 1.